The Morgan fingerprint density at radius 3 is 2.25 bits per heavy atom. The number of aryl methyl sites for hydroxylation is 3. The Bertz CT molecular complexity index is 702. The normalized spacial score (nSPS) is 12.4. The Balaban J connectivity index is 2.75. The zero-order valence-corrected chi connectivity index (χ0v) is 11.8. The molecule has 8 nitrogen and oxygen atoms in total. The van der Waals surface area contributed by atoms with Gasteiger partial charge in [-0.25, -0.2) is 4.21 Å². The second-order valence-electron chi connectivity index (χ2n) is 4.36. The number of rotatable bonds is 3. The van der Waals surface area contributed by atoms with Crippen molar-refractivity contribution in [3.63, 3.8) is 0 Å². The highest BCUT2D eigenvalue weighted by Gasteiger charge is 2.25. The van der Waals surface area contributed by atoms with Crippen LogP contribution in [0.15, 0.2) is 12.1 Å². The van der Waals surface area contributed by atoms with E-state index in [9.17, 15) is 18.9 Å². The summed E-state index contributed by atoms with van der Waals surface area (Å²) in [6.45, 7) is 5.48. The van der Waals surface area contributed by atoms with E-state index in [2.05, 4.69) is 10.1 Å². The number of hydrogen-bond acceptors (Lipinski definition) is 6. The average molecular weight is 295 g/mol. The van der Waals surface area contributed by atoms with Gasteiger partial charge in [-0.05, 0) is 41.8 Å². The fourth-order valence-corrected chi connectivity index (χ4v) is 2.57. The predicted molar refractivity (Wildman–Crippen MR) is 70.6 cm³/mol. The van der Waals surface area contributed by atoms with E-state index < -0.39 is 22.1 Å². The van der Waals surface area contributed by atoms with E-state index in [1.54, 1.807) is 13.8 Å². The molecule has 0 bridgehead atoms. The van der Waals surface area contributed by atoms with E-state index in [0.717, 1.165) is 16.7 Å². The van der Waals surface area contributed by atoms with Gasteiger partial charge in [-0.3, -0.25) is 0 Å². The summed E-state index contributed by atoms with van der Waals surface area (Å²) in [6.07, 6.45) is 0. The topological polar surface area (TPSA) is 114 Å². The van der Waals surface area contributed by atoms with Crippen LogP contribution in [0, 0.1) is 30.9 Å². The molecule has 0 radical (unpaired) electrons. The van der Waals surface area contributed by atoms with Crippen LogP contribution in [0.1, 0.15) is 16.7 Å². The molecule has 1 heterocycles. The number of aromatic nitrogens is 3. The molecule has 1 aromatic heterocycles. The molecule has 0 saturated heterocycles. The summed E-state index contributed by atoms with van der Waals surface area (Å²) in [5.41, 5.74) is 3.08. The molecule has 20 heavy (non-hydrogen) atoms. The summed E-state index contributed by atoms with van der Waals surface area (Å²) in [5.74, 6) is -0.802. The molecule has 106 valence electrons. The molecule has 0 aliphatic rings. The molecule has 0 aliphatic carbocycles. The van der Waals surface area contributed by atoms with Gasteiger partial charge in [0.25, 0.3) is 5.82 Å². The van der Waals surface area contributed by atoms with Gasteiger partial charge in [-0.2, -0.15) is 0 Å². The fourth-order valence-electron chi connectivity index (χ4n) is 2.15. The van der Waals surface area contributed by atoms with Crippen molar-refractivity contribution in [2.75, 3.05) is 0 Å². The van der Waals surface area contributed by atoms with Crippen molar-refractivity contribution in [3.8, 4) is 11.4 Å². The molecule has 0 saturated carbocycles. The molecule has 0 aliphatic heterocycles. The summed E-state index contributed by atoms with van der Waals surface area (Å²) in [5, 5.41) is 14.1. The van der Waals surface area contributed by atoms with Crippen LogP contribution in [-0.2, 0) is 11.3 Å². The maximum Gasteiger partial charge on any atom is 0.492 e. The van der Waals surface area contributed by atoms with Gasteiger partial charge in [-0.15, -0.1) is 0 Å². The lowest BCUT2D eigenvalue weighted by Gasteiger charge is -2.09. The largest absolute Gasteiger partial charge is 0.753 e. The highest BCUT2D eigenvalue weighted by molar-refractivity contribution is 7.77. The van der Waals surface area contributed by atoms with Gasteiger partial charge >= 0.3 is 5.95 Å². The van der Waals surface area contributed by atoms with Gasteiger partial charge in [0.2, 0.25) is 0 Å². The van der Waals surface area contributed by atoms with E-state index in [0.29, 0.717) is 9.65 Å². The molecule has 0 fully saturated rings. The van der Waals surface area contributed by atoms with Crippen LogP contribution < -0.4 is 0 Å². The van der Waals surface area contributed by atoms with Crippen LogP contribution in [0.5, 0.6) is 0 Å². The van der Waals surface area contributed by atoms with Gasteiger partial charge in [0.1, 0.15) is 0 Å². The lowest BCUT2D eigenvalue weighted by Crippen LogP contribution is -2.08. The molecule has 9 heteroatoms. The lowest BCUT2D eigenvalue weighted by molar-refractivity contribution is -0.394. The first kappa shape index (κ1) is 14.3. The SMILES string of the molecule is Cc1cc(C)c(-c2nc([N+](=O)[O-])nn2S(=O)[O-])c(C)c1. The zero-order valence-electron chi connectivity index (χ0n) is 11.0. The predicted octanol–water partition coefficient (Wildman–Crippen LogP) is 1.42. The van der Waals surface area contributed by atoms with Crippen LogP contribution >= 0.6 is 0 Å². The Hall–Kier alpha value is -2.13. The zero-order chi connectivity index (χ0) is 15.0. The van der Waals surface area contributed by atoms with Crippen molar-refractivity contribution in [1.82, 2.24) is 14.2 Å². The summed E-state index contributed by atoms with van der Waals surface area (Å²) in [4.78, 5) is 13.6. The maximum absolute atomic E-state index is 11.2. The second-order valence-corrected chi connectivity index (χ2v) is 5.14. The third-order valence-corrected chi connectivity index (χ3v) is 3.31. The highest BCUT2D eigenvalue weighted by atomic mass is 32.2. The van der Waals surface area contributed by atoms with Gasteiger partial charge < -0.3 is 14.7 Å². The molecule has 1 atom stereocenters. The van der Waals surface area contributed by atoms with Crippen molar-refractivity contribution < 1.29 is 13.7 Å². The lowest BCUT2D eigenvalue weighted by atomic mass is 9.99. The molecule has 0 N–H and O–H groups in total. The third-order valence-electron chi connectivity index (χ3n) is 2.77. The van der Waals surface area contributed by atoms with Gasteiger partial charge in [0.05, 0.1) is 11.3 Å². The Morgan fingerprint density at radius 2 is 1.80 bits per heavy atom. The van der Waals surface area contributed by atoms with Crippen molar-refractivity contribution in [2.45, 2.75) is 20.8 Å². The number of nitrogens with zero attached hydrogens (tertiary/aromatic N) is 4. The van der Waals surface area contributed by atoms with Gasteiger partial charge in [0.15, 0.2) is 0 Å². The summed E-state index contributed by atoms with van der Waals surface area (Å²) < 4.78 is 22.8. The smallest absolute Gasteiger partial charge is 0.492 e. The quantitative estimate of drug-likeness (QED) is 0.480. The molecule has 0 spiro atoms. The highest BCUT2D eigenvalue weighted by Crippen LogP contribution is 2.28. The molecule has 2 aromatic rings. The van der Waals surface area contributed by atoms with E-state index in [1.165, 1.54) is 0 Å². The number of benzene rings is 1. The van der Waals surface area contributed by atoms with Crippen molar-refractivity contribution >= 4 is 17.2 Å². The molecular weight excluding hydrogens is 284 g/mol. The first-order chi connectivity index (χ1) is 9.31. The second kappa shape index (κ2) is 5.10. The average Bonchev–Trinajstić information content (AvgIpc) is 2.72. The fraction of sp³-hybridized carbons (Fsp3) is 0.273. The van der Waals surface area contributed by atoms with Crippen molar-refractivity contribution in [2.24, 2.45) is 0 Å². The Labute approximate surface area is 117 Å². The van der Waals surface area contributed by atoms with E-state index in [4.69, 9.17) is 0 Å². The van der Waals surface area contributed by atoms with E-state index in [1.807, 2.05) is 19.1 Å². The third kappa shape index (κ3) is 2.45. The standard InChI is InChI=1S/C11H12N4O4S/c1-6-4-7(2)9(8(3)5-6)10-12-11(15(16)17)13-14(10)20(18)19/h4-5H,1-3H3,(H,18,19)/p-1. The number of nitro groups is 1. The first-order valence-corrected chi connectivity index (χ1v) is 6.64. The van der Waals surface area contributed by atoms with E-state index in [-0.39, 0.29) is 5.82 Å². The maximum atomic E-state index is 11.2. The summed E-state index contributed by atoms with van der Waals surface area (Å²) in [7, 11) is 0. The van der Waals surface area contributed by atoms with Crippen LogP contribution in [-0.4, -0.2) is 27.9 Å². The van der Waals surface area contributed by atoms with Gasteiger partial charge in [-0.1, -0.05) is 21.8 Å². The van der Waals surface area contributed by atoms with Crippen LogP contribution in [0.3, 0.4) is 0 Å². The summed E-state index contributed by atoms with van der Waals surface area (Å²) in [6, 6.07) is 3.70. The molecule has 1 aromatic carbocycles. The van der Waals surface area contributed by atoms with E-state index >= 15 is 0 Å². The van der Waals surface area contributed by atoms with Gasteiger partial charge in [0, 0.05) is 10.7 Å². The number of hydrogen-bond donors (Lipinski definition) is 0. The first-order valence-electron chi connectivity index (χ1n) is 5.60. The molecule has 0 amide bonds. The van der Waals surface area contributed by atoms with Crippen molar-refractivity contribution in [3.05, 3.63) is 38.9 Å². The van der Waals surface area contributed by atoms with Crippen LogP contribution in [0.4, 0.5) is 5.95 Å². The molecule has 1 unspecified atom stereocenters. The summed E-state index contributed by atoms with van der Waals surface area (Å²) >= 11 is -2.77. The Morgan fingerprint density at radius 1 is 1.25 bits per heavy atom. The monoisotopic (exact) mass is 295 g/mol. The minimum absolute atomic E-state index is 0.0555. The van der Waals surface area contributed by atoms with Crippen LogP contribution in [0.2, 0.25) is 0 Å². The Kier molecular flexibility index (Phi) is 3.64. The molecular formula is C11H11N4O4S-. The minimum atomic E-state index is -2.77. The minimum Gasteiger partial charge on any atom is -0.753 e. The van der Waals surface area contributed by atoms with Crippen molar-refractivity contribution in [1.29, 1.82) is 0 Å². The van der Waals surface area contributed by atoms with Crippen LogP contribution in [0.25, 0.3) is 11.4 Å². The molecule has 2 rings (SSSR count).